The molecule has 162 valence electrons. The summed E-state index contributed by atoms with van der Waals surface area (Å²) in [5, 5.41) is 9.42. The highest BCUT2D eigenvalue weighted by Crippen LogP contribution is 2.38. The van der Waals surface area contributed by atoms with Gasteiger partial charge in [0.15, 0.2) is 0 Å². The van der Waals surface area contributed by atoms with Crippen molar-refractivity contribution in [1.82, 2.24) is 4.90 Å². The molecule has 32 heavy (non-hydrogen) atoms. The van der Waals surface area contributed by atoms with E-state index in [9.17, 15) is 5.11 Å². The van der Waals surface area contributed by atoms with Crippen LogP contribution in [0.15, 0.2) is 84.4 Å². The fraction of sp³-hybridized carbons (Fsp3) is 0.172. The molecule has 1 saturated heterocycles. The predicted molar refractivity (Wildman–Crippen MR) is 138 cm³/mol. The average molecular weight is 442 g/mol. The highest BCUT2D eigenvalue weighted by atomic mass is 35.5. The van der Waals surface area contributed by atoms with E-state index in [0.29, 0.717) is 5.75 Å². The Hall–Kier alpha value is -3.07. The number of fused-ring (bicyclic) bond motifs is 2. The number of phenols is 1. The molecule has 5 rings (SSSR count). The summed E-state index contributed by atoms with van der Waals surface area (Å²) in [6.45, 7) is 3.12. The molecule has 3 aromatic rings. The maximum absolute atomic E-state index is 9.42. The number of aromatic hydroxyl groups is 1. The van der Waals surface area contributed by atoms with Gasteiger partial charge in [-0.15, -0.1) is 12.4 Å². The third kappa shape index (κ3) is 4.72. The van der Waals surface area contributed by atoms with E-state index in [2.05, 4.69) is 77.7 Å². The summed E-state index contributed by atoms with van der Waals surface area (Å²) in [7, 11) is 0. The second-order valence-corrected chi connectivity index (χ2v) is 8.28. The van der Waals surface area contributed by atoms with Crippen molar-refractivity contribution in [1.29, 1.82) is 0 Å². The number of phenolic OH excluding ortho intramolecular Hbond substituents is 1. The Morgan fingerprint density at radius 1 is 0.750 bits per heavy atom. The molecule has 3 aromatic carbocycles. The van der Waals surface area contributed by atoms with Crippen LogP contribution < -0.4 is 0 Å². The number of hydrogen-bond donors (Lipinski definition) is 1. The first-order valence-corrected chi connectivity index (χ1v) is 11.0. The minimum atomic E-state index is 0. The smallest absolute Gasteiger partial charge is 0.115 e. The topological polar surface area (TPSA) is 23.5 Å². The Morgan fingerprint density at radius 3 is 1.91 bits per heavy atom. The Labute approximate surface area is 196 Å². The van der Waals surface area contributed by atoms with E-state index in [1.165, 1.54) is 27.8 Å². The summed E-state index contributed by atoms with van der Waals surface area (Å²) >= 11 is 0. The molecule has 0 saturated carbocycles. The van der Waals surface area contributed by atoms with Crippen LogP contribution in [0.4, 0.5) is 0 Å². The Balaban J connectivity index is 0.00000245. The molecule has 2 aliphatic rings. The van der Waals surface area contributed by atoms with Crippen molar-refractivity contribution in [3.63, 3.8) is 0 Å². The molecule has 0 aromatic heterocycles. The van der Waals surface area contributed by atoms with Gasteiger partial charge in [-0.3, -0.25) is 4.90 Å². The molecule has 1 heterocycles. The molecule has 0 bridgehead atoms. The van der Waals surface area contributed by atoms with Crippen LogP contribution >= 0.6 is 12.4 Å². The summed E-state index contributed by atoms with van der Waals surface area (Å²) < 4.78 is 0. The quantitative estimate of drug-likeness (QED) is 0.373. The third-order valence-electron chi connectivity index (χ3n) is 6.28. The number of benzene rings is 3. The number of piperidine rings is 1. The molecular weight excluding hydrogens is 414 g/mol. The molecule has 0 unspecified atom stereocenters. The van der Waals surface area contributed by atoms with Crippen molar-refractivity contribution < 1.29 is 5.11 Å². The zero-order valence-electron chi connectivity index (χ0n) is 18.1. The van der Waals surface area contributed by atoms with Gasteiger partial charge in [0, 0.05) is 19.6 Å². The number of halogens is 1. The molecule has 1 fully saturated rings. The summed E-state index contributed by atoms with van der Waals surface area (Å²) in [5.41, 5.74) is 9.47. The number of rotatable bonds is 3. The average Bonchev–Trinajstić information content (AvgIpc) is 2.98. The van der Waals surface area contributed by atoms with Gasteiger partial charge in [0.05, 0.1) is 0 Å². The van der Waals surface area contributed by atoms with E-state index in [1.807, 2.05) is 12.1 Å². The first-order valence-electron chi connectivity index (χ1n) is 11.0. The number of likely N-dealkylation sites (tertiary alicyclic amines) is 1. The lowest BCUT2D eigenvalue weighted by molar-refractivity contribution is 0.284. The molecule has 0 radical (unpaired) electrons. The van der Waals surface area contributed by atoms with Crippen LogP contribution in [0.25, 0.3) is 23.8 Å². The zero-order valence-corrected chi connectivity index (χ0v) is 18.9. The lowest BCUT2D eigenvalue weighted by Gasteiger charge is -2.29. The van der Waals surface area contributed by atoms with Crippen molar-refractivity contribution in [3.8, 4) is 5.75 Å². The van der Waals surface area contributed by atoms with E-state index in [0.717, 1.165) is 38.0 Å². The summed E-state index contributed by atoms with van der Waals surface area (Å²) in [6, 6.07) is 24.9. The van der Waals surface area contributed by atoms with Gasteiger partial charge in [-0.25, -0.2) is 0 Å². The van der Waals surface area contributed by atoms with Crippen LogP contribution in [0.1, 0.15) is 40.7 Å². The second kappa shape index (κ2) is 10.0. The fourth-order valence-corrected chi connectivity index (χ4v) is 4.62. The van der Waals surface area contributed by atoms with E-state index < -0.39 is 0 Å². The van der Waals surface area contributed by atoms with Gasteiger partial charge >= 0.3 is 0 Å². The number of hydrogen-bond acceptors (Lipinski definition) is 2. The maximum atomic E-state index is 9.42. The third-order valence-corrected chi connectivity index (χ3v) is 6.28. The Morgan fingerprint density at radius 2 is 1.31 bits per heavy atom. The minimum absolute atomic E-state index is 0. The Bertz CT molecular complexity index is 1110. The molecule has 1 aliphatic carbocycles. The van der Waals surface area contributed by atoms with Crippen LogP contribution in [-0.2, 0) is 0 Å². The fourth-order valence-electron chi connectivity index (χ4n) is 4.62. The van der Waals surface area contributed by atoms with Crippen LogP contribution in [0.2, 0.25) is 0 Å². The molecule has 0 spiro atoms. The second-order valence-electron chi connectivity index (χ2n) is 8.28. The van der Waals surface area contributed by atoms with Crippen molar-refractivity contribution in [2.45, 2.75) is 12.8 Å². The standard InChI is InChI=1S/C29H27NO.ClH/c31-26-15-11-22(12-16-26)6-5-19-30-20-17-25(18-21-30)29-27-9-3-1-7-23(27)13-14-24-8-2-4-10-28(24)29;/h1-16,31H,17-21H2;1H/b6-5+;. The monoisotopic (exact) mass is 441 g/mol. The molecular formula is C29H28ClNO. The van der Waals surface area contributed by atoms with Crippen LogP contribution in [-0.4, -0.2) is 29.6 Å². The first-order chi connectivity index (χ1) is 15.3. The lowest BCUT2D eigenvalue weighted by atomic mass is 9.86. The van der Waals surface area contributed by atoms with E-state index in [4.69, 9.17) is 0 Å². The first kappa shape index (κ1) is 22.1. The summed E-state index contributed by atoms with van der Waals surface area (Å²) in [5.74, 6) is 0.311. The van der Waals surface area contributed by atoms with Gasteiger partial charge < -0.3 is 5.11 Å². The highest BCUT2D eigenvalue weighted by molar-refractivity contribution is 5.94. The van der Waals surface area contributed by atoms with E-state index in [-0.39, 0.29) is 12.4 Å². The van der Waals surface area contributed by atoms with Gasteiger partial charge in [0.25, 0.3) is 0 Å². The molecule has 1 aliphatic heterocycles. The lowest BCUT2D eigenvalue weighted by Crippen LogP contribution is -2.31. The molecule has 3 heteroatoms. The SMILES string of the molecule is Cl.Oc1ccc(/C=C/CN2CCC(=C3c4ccccc4C=Cc4ccccc43)CC2)cc1. The van der Waals surface area contributed by atoms with Crippen LogP contribution in [0, 0.1) is 0 Å². The van der Waals surface area contributed by atoms with Crippen molar-refractivity contribution in [3.05, 3.63) is 112 Å². The minimum Gasteiger partial charge on any atom is -0.508 e. The van der Waals surface area contributed by atoms with Crippen LogP contribution in [0.3, 0.4) is 0 Å². The molecule has 1 N–H and O–H groups in total. The van der Waals surface area contributed by atoms with Crippen LogP contribution in [0.5, 0.6) is 5.75 Å². The summed E-state index contributed by atoms with van der Waals surface area (Å²) in [4.78, 5) is 2.52. The van der Waals surface area contributed by atoms with Gasteiger partial charge in [-0.1, -0.05) is 90.5 Å². The molecule has 0 atom stereocenters. The van der Waals surface area contributed by atoms with Gasteiger partial charge in [0.2, 0.25) is 0 Å². The highest BCUT2D eigenvalue weighted by Gasteiger charge is 2.21. The van der Waals surface area contributed by atoms with E-state index >= 15 is 0 Å². The maximum Gasteiger partial charge on any atom is 0.115 e. The van der Waals surface area contributed by atoms with Crippen molar-refractivity contribution in [2.24, 2.45) is 0 Å². The Kier molecular flexibility index (Phi) is 6.94. The largest absolute Gasteiger partial charge is 0.508 e. The van der Waals surface area contributed by atoms with Gasteiger partial charge in [-0.2, -0.15) is 0 Å². The van der Waals surface area contributed by atoms with Crippen molar-refractivity contribution >= 4 is 36.2 Å². The van der Waals surface area contributed by atoms with Gasteiger partial charge in [-0.05, 0) is 58.4 Å². The van der Waals surface area contributed by atoms with Gasteiger partial charge in [0.1, 0.15) is 5.75 Å². The summed E-state index contributed by atoms with van der Waals surface area (Å²) in [6.07, 6.45) is 11.1. The molecule has 2 nitrogen and oxygen atoms in total. The number of nitrogens with zero attached hydrogens (tertiary/aromatic N) is 1. The molecule has 0 amide bonds. The normalized spacial score (nSPS) is 15.8. The predicted octanol–water partition coefficient (Wildman–Crippen LogP) is 6.91. The van der Waals surface area contributed by atoms with E-state index in [1.54, 1.807) is 17.7 Å². The van der Waals surface area contributed by atoms with Crippen molar-refractivity contribution in [2.75, 3.05) is 19.6 Å². The zero-order chi connectivity index (χ0) is 21.0.